The zero-order valence-electron chi connectivity index (χ0n) is 7.42. The first-order valence-electron chi connectivity index (χ1n) is 4.03. The fraction of sp³-hybridized carbons (Fsp3) is 0.100. The van der Waals surface area contributed by atoms with Gasteiger partial charge >= 0.3 is 0 Å². The summed E-state index contributed by atoms with van der Waals surface area (Å²) >= 11 is 12.0. The molecule has 0 spiro atoms. The molecular weight excluding hydrogens is 221 g/mol. The maximum Gasteiger partial charge on any atom is 0.181 e. The molecule has 0 saturated carbocycles. The average Bonchev–Trinajstić information content (AvgIpc) is 2.66. The van der Waals surface area contributed by atoms with E-state index in [1.807, 2.05) is 19.1 Å². The molecule has 1 heterocycles. The Bertz CT molecular complexity index is 428. The molecule has 0 fully saturated rings. The summed E-state index contributed by atoms with van der Waals surface area (Å²) in [6.07, 6.45) is 2.99. The highest BCUT2D eigenvalue weighted by Crippen LogP contribution is 2.30. The molecule has 2 nitrogen and oxygen atoms in total. The van der Waals surface area contributed by atoms with Crippen LogP contribution in [0.1, 0.15) is 5.56 Å². The van der Waals surface area contributed by atoms with Crippen molar-refractivity contribution < 1.29 is 4.42 Å². The number of aromatic nitrogens is 1. The molecule has 0 bridgehead atoms. The Labute approximate surface area is 91.5 Å². The molecule has 4 heteroatoms. The van der Waals surface area contributed by atoms with Crippen molar-refractivity contribution in [3.05, 3.63) is 40.3 Å². The second kappa shape index (κ2) is 3.64. The largest absolute Gasteiger partial charge is 0.444 e. The fourth-order valence-electron chi connectivity index (χ4n) is 1.15. The van der Waals surface area contributed by atoms with Gasteiger partial charge in [0.1, 0.15) is 0 Å². The van der Waals surface area contributed by atoms with Crippen molar-refractivity contribution in [2.75, 3.05) is 0 Å². The third kappa shape index (κ3) is 1.63. The van der Waals surface area contributed by atoms with Crippen molar-refractivity contribution >= 4 is 23.2 Å². The van der Waals surface area contributed by atoms with Gasteiger partial charge in [-0.05, 0) is 24.6 Å². The van der Waals surface area contributed by atoms with Crippen LogP contribution in [0.15, 0.2) is 29.1 Å². The third-order valence-electron chi connectivity index (χ3n) is 2.00. The van der Waals surface area contributed by atoms with E-state index in [9.17, 15) is 0 Å². The van der Waals surface area contributed by atoms with Crippen molar-refractivity contribution in [2.45, 2.75) is 6.92 Å². The van der Waals surface area contributed by atoms with Gasteiger partial charge in [-0.25, -0.2) is 4.98 Å². The molecule has 2 rings (SSSR count). The van der Waals surface area contributed by atoms with Crippen LogP contribution >= 0.6 is 23.2 Å². The Morgan fingerprint density at radius 1 is 1.21 bits per heavy atom. The number of hydrogen-bond acceptors (Lipinski definition) is 2. The predicted molar refractivity (Wildman–Crippen MR) is 56.7 cm³/mol. The lowest BCUT2D eigenvalue weighted by molar-refractivity contribution is 0.572. The van der Waals surface area contributed by atoms with Crippen molar-refractivity contribution in [1.82, 2.24) is 4.98 Å². The van der Waals surface area contributed by atoms with Gasteiger partial charge < -0.3 is 4.42 Å². The van der Waals surface area contributed by atoms with Crippen LogP contribution < -0.4 is 0 Å². The first kappa shape index (κ1) is 9.56. The van der Waals surface area contributed by atoms with Crippen LogP contribution in [0.3, 0.4) is 0 Å². The number of hydrogen-bond donors (Lipinski definition) is 0. The van der Waals surface area contributed by atoms with Gasteiger partial charge in [-0.3, -0.25) is 0 Å². The molecule has 0 radical (unpaired) electrons. The minimum absolute atomic E-state index is 0.629. The summed E-state index contributed by atoms with van der Waals surface area (Å²) in [5, 5.41) is 1.26. The first-order chi connectivity index (χ1) is 6.68. The maximum atomic E-state index is 5.99. The summed E-state index contributed by atoms with van der Waals surface area (Å²) in [5.74, 6) is 0.661. The van der Waals surface area contributed by atoms with Gasteiger partial charge in [0.05, 0.1) is 6.20 Å². The molecule has 0 N–H and O–H groups in total. The molecule has 1 aromatic heterocycles. The van der Waals surface area contributed by atoms with Gasteiger partial charge in [-0.1, -0.05) is 23.2 Å². The zero-order chi connectivity index (χ0) is 10.1. The Morgan fingerprint density at radius 2 is 1.86 bits per heavy atom. The smallest absolute Gasteiger partial charge is 0.181 e. The van der Waals surface area contributed by atoms with E-state index in [-0.39, 0.29) is 0 Å². The monoisotopic (exact) mass is 227 g/mol. The van der Waals surface area contributed by atoms with Gasteiger partial charge in [0.25, 0.3) is 0 Å². The molecule has 0 amide bonds. The minimum atomic E-state index is 0.629. The van der Waals surface area contributed by atoms with Crippen LogP contribution in [0.5, 0.6) is 0 Å². The maximum absolute atomic E-state index is 5.99. The van der Waals surface area contributed by atoms with Gasteiger partial charge in [0.2, 0.25) is 0 Å². The topological polar surface area (TPSA) is 26.0 Å². The predicted octanol–water partition coefficient (Wildman–Crippen LogP) is 3.96. The van der Waals surface area contributed by atoms with Gasteiger partial charge in [-0.2, -0.15) is 0 Å². The molecule has 14 heavy (non-hydrogen) atoms. The molecule has 0 unspecified atom stereocenters. The summed E-state index contributed by atoms with van der Waals surface area (Å²) < 4.78 is 5.14. The molecule has 1 aromatic carbocycles. The zero-order valence-corrected chi connectivity index (χ0v) is 8.93. The van der Waals surface area contributed by atoms with E-state index in [0.717, 1.165) is 11.1 Å². The van der Waals surface area contributed by atoms with E-state index in [1.165, 1.54) is 6.39 Å². The lowest BCUT2D eigenvalue weighted by atomic mass is 10.1. The highest BCUT2D eigenvalue weighted by Gasteiger charge is 2.07. The third-order valence-corrected chi connectivity index (χ3v) is 2.78. The van der Waals surface area contributed by atoms with Crippen LogP contribution in [0.25, 0.3) is 11.3 Å². The summed E-state index contributed by atoms with van der Waals surface area (Å²) in [6, 6.07) is 3.62. The summed E-state index contributed by atoms with van der Waals surface area (Å²) in [6.45, 7) is 1.87. The number of rotatable bonds is 1. The molecule has 0 aliphatic carbocycles. The summed E-state index contributed by atoms with van der Waals surface area (Å²) in [5.41, 5.74) is 1.71. The quantitative estimate of drug-likeness (QED) is 0.738. The standard InChI is InChI=1S/C10H7Cl2NO/c1-6-8(11)2-7(3-9(6)12)10-4-13-5-14-10/h2-5H,1H3. The Hall–Kier alpha value is -0.990. The molecule has 0 atom stereocenters. The van der Waals surface area contributed by atoms with Crippen LogP contribution in [0.2, 0.25) is 10.0 Å². The number of halogens is 2. The summed E-state index contributed by atoms with van der Waals surface area (Å²) in [4.78, 5) is 3.83. The van der Waals surface area contributed by atoms with Crippen molar-refractivity contribution in [3.8, 4) is 11.3 Å². The normalized spacial score (nSPS) is 10.5. The molecule has 72 valence electrons. The van der Waals surface area contributed by atoms with Gasteiger partial charge in [0.15, 0.2) is 12.2 Å². The van der Waals surface area contributed by atoms with Crippen molar-refractivity contribution in [2.24, 2.45) is 0 Å². The van der Waals surface area contributed by atoms with Crippen LogP contribution in [-0.2, 0) is 0 Å². The lowest BCUT2D eigenvalue weighted by Gasteiger charge is -2.03. The first-order valence-corrected chi connectivity index (χ1v) is 4.78. The molecule has 0 aliphatic heterocycles. The van der Waals surface area contributed by atoms with Crippen LogP contribution in [-0.4, -0.2) is 4.98 Å². The number of oxazole rings is 1. The van der Waals surface area contributed by atoms with E-state index in [2.05, 4.69) is 4.98 Å². The van der Waals surface area contributed by atoms with E-state index in [4.69, 9.17) is 27.6 Å². The Kier molecular flexibility index (Phi) is 2.48. The van der Waals surface area contributed by atoms with Crippen LogP contribution in [0, 0.1) is 6.92 Å². The minimum Gasteiger partial charge on any atom is -0.444 e. The van der Waals surface area contributed by atoms with E-state index >= 15 is 0 Å². The van der Waals surface area contributed by atoms with Crippen molar-refractivity contribution in [3.63, 3.8) is 0 Å². The van der Waals surface area contributed by atoms with Gasteiger partial charge in [0, 0.05) is 15.6 Å². The van der Waals surface area contributed by atoms with Gasteiger partial charge in [-0.15, -0.1) is 0 Å². The highest BCUT2D eigenvalue weighted by atomic mass is 35.5. The Morgan fingerprint density at radius 3 is 2.36 bits per heavy atom. The molecule has 0 aliphatic rings. The van der Waals surface area contributed by atoms with E-state index in [1.54, 1.807) is 6.20 Å². The van der Waals surface area contributed by atoms with E-state index < -0.39 is 0 Å². The van der Waals surface area contributed by atoms with Crippen molar-refractivity contribution in [1.29, 1.82) is 0 Å². The molecule has 2 aromatic rings. The summed E-state index contributed by atoms with van der Waals surface area (Å²) in [7, 11) is 0. The van der Waals surface area contributed by atoms with Crippen LogP contribution in [0.4, 0.5) is 0 Å². The van der Waals surface area contributed by atoms with E-state index in [0.29, 0.717) is 15.8 Å². The fourth-order valence-corrected chi connectivity index (χ4v) is 1.63. The lowest BCUT2D eigenvalue weighted by Crippen LogP contribution is -1.81. The number of benzene rings is 1. The second-order valence-electron chi connectivity index (χ2n) is 2.93. The SMILES string of the molecule is Cc1c(Cl)cc(-c2cnco2)cc1Cl. The second-order valence-corrected chi connectivity index (χ2v) is 3.74. The Balaban J connectivity index is 2.57. The average molecular weight is 228 g/mol. The molecular formula is C10H7Cl2NO. The number of nitrogens with zero attached hydrogens (tertiary/aromatic N) is 1. The highest BCUT2D eigenvalue weighted by molar-refractivity contribution is 6.36. The molecule has 0 saturated heterocycles.